The van der Waals surface area contributed by atoms with Gasteiger partial charge in [0.2, 0.25) is 0 Å². The molecule has 1 aromatic carbocycles. The van der Waals surface area contributed by atoms with Crippen molar-refractivity contribution in [1.82, 2.24) is 14.8 Å². The molecule has 2 aliphatic rings. The number of aromatic nitrogens is 3. The van der Waals surface area contributed by atoms with E-state index < -0.39 is 0 Å². The van der Waals surface area contributed by atoms with Gasteiger partial charge in [-0.2, -0.15) is 0 Å². The average Bonchev–Trinajstić information content (AvgIpc) is 3.29. The first-order valence-corrected chi connectivity index (χ1v) is 9.82. The maximum absolute atomic E-state index is 6.48. The van der Waals surface area contributed by atoms with E-state index in [-0.39, 0.29) is 0 Å². The summed E-state index contributed by atoms with van der Waals surface area (Å²) < 4.78 is 2.25. The Hall–Kier alpha value is -1.98. The van der Waals surface area contributed by atoms with Gasteiger partial charge in [-0.05, 0) is 31.4 Å². The van der Waals surface area contributed by atoms with Crippen LogP contribution in [0.4, 0.5) is 0 Å². The van der Waals surface area contributed by atoms with Gasteiger partial charge in [-0.15, -0.1) is 21.5 Å². The summed E-state index contributed by atoms with van der Waals surface area (Å²) in [5.74, 6) is 2.56. The number of hydrogen-bond acceptors (Lipinski definition) is 4. The highest BCUT2D eigenvalue weighted by atomic mass is 35.5. The zero-order valence-corrected chi connectivity index (χ0v) is 15.4. The number of nitrogens with zero attached hydrogens (tertiary/aromatic N) is 4. The molecule has 0 radical (unpaired) electrons. The molecule has 6 heteroatoms. The zero-order chi connectivity index (χ0) is 17.0. The van der Waals surface area contributed by atoms with Crippen LogP contribution in [0.15, 0.2) is 35.3 Å². The summed E-state index contributed by atoms with van der Waals surface area (Å²) in [6.45, 7) is 2.72. The standard InChI is InChI=1S/C19H17ClN4S/c1-2-12-9-14-17(13-5-3-4-6-15(13)20)21-10-16-22-23-18(11-7-8-11)24(16)19(14)25-12/h3-6,9,11H,2,7-8,10H2,1H3. The number of halogens is 1. The first kappa shape index (κ1) is 15.3. The van der Waals surface area contributed by atoms with Gasteiger partial charge < -0.3 is 0 Å². The van der Waals surface area contributed by atoms with Crippen molar-refractivity contribution < 1.29 is 0 Å². The molecule has 0 amide bonds. The Balaban J connectivity index is 1.75. The Morgan fingerprint density at radius 3 is 2.80 bits per heavy atom. The number of thiophene rings is 1. The van der Waals surface area contributed by atoms with Crippen LogP contribution in [0.1, 0.15) is 53.3 Å². The maximum Gasteiger partial charge on any atom is 0.160 e. The minimum absolute atomic E-state index is 0.531. The number of aliphatic imine (C=N–C) groups is 1. The Bertz CT molecular complexity index is 997. The Morgan fingerprint density at radius 2 is 2.04 bits per heavy atom. The van der Waals surface area contributed by atoms with Crippen molar-refractivity contribution in [3.8, 4) is 5.00 Å². The second kappa shape index (κ2) is 5.78. The normalized spacial score (nSPS) is 16.2. The number of aryl methyl sites for hydroxylation is 1. The van der Waals surface area contributed by atoms with Crippen molar-refractivity contribution in [3.05, 3.63) is 63.0 Å². The average molecular weight is 369 g/mol. The van der Waals surface area contributed by atoms with Gasteiger partial charge in [0.25, 0.3) is 0 Å². The molecule has 0 spiro atoms. The lowest BCUT2D eigenvalue weighted by Gasteiger charge is -2.09. The van der Waals surface area contributed by atoms with Crippen molar-refractivity contribution in [2.75, 3.05) is 0 Å². The molecule has 1 saturated carbocycles. The molecule has 4 nitrogen and oxygen atoms in total. The monoisotopic (exact) mass is 368 g/mol. The summed E-state index contributed by atoms with van der Waals surface area (Å²) in [7, 11) is 0. The van der Waals surface area contributed by atoms with Crippen molar-refractivity contribution in [2.24, 2.45) is 4.99 Å². The van der Waals surface area contributed by atoms with Gasteiger partial charge in [0.1, 0.15) is 17.4 Å². The lowest BCUT2D eigenvalue weighted by molar-refractivity contribution is 0.843. The lowest BCUT2D eigenvalue weighted by Crippen LogP contribution is -2.06. The molecule has 0 bridgehead atoms. The number of rotatable bonds is 3. The van der Waals surface area contributed by atoms with Gasteiger partial charge in [-0.3, -0.25) is 9.56 Å². The highest BCUT2D eigenvalue weighted by Gasteiger charge is 2.33. The predicted octanol–water partition coefficient (Wildman–Crippen LogP) is 4.77. The van der Waals surface area contributed by atoms with Crippen LogP contribution >= 0.6 is 22.9 Å². The van der Waals surface area contributed by atoms with Crippen molar-refractivity contribution >= 4 is 28.6 Å². The van der Waals surface area contributed by atoms with Crippen LogP contribution in [-0.4, -0.2) is 20.5 Å². The molecular formula is C19H17ClN4S. The first-order chi connectivity index (χ1) is 12.3. The highest BCUT2D eigenvalue weighted by molar-refractivity contribution is 7.15. The molecule has 0 atom stereocenters. The molecule has 1 fully saturated rings. The van der Waals surface area contributed by atoms with E-state index in [0.717, 1.165) is 39.9 Å². The quantitative estimate of drug-likeness (QED) is 0.668. The third-order valence-corrected chi connectivity index (χ3v) is 6.37. The molecule has 0 N–H and O–H groups in total. The Kier molecular flexibility index (Phi) is 3.54. The summed E-state index contributed by atoms with van der Waals surface area (Å²) >= 11 is 8.30. The van der Waals surface area contributed by atoms with Gasteiger partial charge in [0.15, 0.2) is 5.82 Å². The van der Waals surface area contributed by atoms with Crippen LogP contribution in [-0.2, 0) is 13.0 Å². The van der Waals surface area contributed by atoms with Crippen LogP contribution in [0.2, 0.25) is 5.02 Å². The van der Waals surface area contributed by atoms with E-state index in [0.29, 0.717) is 12.5 Å². The van der Waals surface area contributed by atoms with E-state index in [2.05, 4.69) is 27.8 Å². The van der Waals surface area contributed by atoms with E-state index in [4.69, 9.17) is 16.6 Å². The maximum atomic E-state index is 6.48. The van der Waals surface area contributed by atoms with E-state index >= 15 is 0 Å². The van der Waals surface area contributed by atoms with E-state index in [1.165, 1.54) is 22.7 Å². The van der Waals surface area contributed by atoms with Crippen LogP contribution in [0.5, 0.6) is 0 Å². The Morgan fingerprint density at radius 1 is 1.20 bits per heavy atom. The molecule has 0 saturated heterocycles. The second-order valence-electron chi connectivity index (χ2n) is 6.51. The van der Waals surface area contributed by atoms with Crippen molar-refractivity contribution in [2.45, 2.75) is 38.6 Å². The van der Waals surface area contributed by atoms with E-state index in [1.807, 2.05) is 35.6 Å². The van der Waals surface area contributed by atoms with Crippen LogP contribution < -0.4 is 0 Å². The highest BCUT2D eigenvalue weighted by Crippen LogP contribution is 2.43. The topological polar surface area (TPSA) is 43.1 Å². The van der Waals surface area contributed by atoms with Gasteiger partial charge in [-0.1, -0.05) is 36.7 Å². The predicted molar refractivity (Wildman–Crippen MR) is 101 cm³/mol. The molecule has 126 valence electrons. The van der Waals surface area contributed by atoms with E-state index in [1.54, 1.807) is 0 Å². The molecule has 2 aromatic heterocycles. The summed E-state index contributed by atoms with van der Waals surface area (Å²) in [6.07, 6.45) is 3.42. The van der Waals surface area contributed by atoms with E-state index in [9.17, 15) is 0 Å². The molecule has 0 unspecified atom stereocenters. The largest absolute Gasteiger partial charge is 0.276 e. The van der Waals surface area contributed by atoms with Crippen molar-refractivity contribution in [3.63, 3.8) is 0 Å². The fourth-order valence-corrected chi connectivity index (χ4v) is 4.67. The van der Waals surface area contributed by atoms with Crippen LogP contribution in [0.3, 0.4) is 0 Å². The van der Waals surface area contributed by atoms with Gasteiger partial charge in [0.05, 0.1) is 5.71 Å². The Labute approximate surface area is 155 Å². The second-order valence-corrected chi connectivity index (χ2v) is 8.04. The summed E-state index contributed by atoms with van der Waals surface area (Å²) in [4.78, 5) is 6.23. The molecule has 3 heterocycles. The summed E-state index contributed by atoms with van der Waals surface area (Å²) in [6, 6.07) is 10.2. The third-order valence-electron chi connectivity index (χ3n) is 4.78. The van der Waals surface area contributed by atoms with Crippen LogP contribution in [0.25, 0.3) is 5.00 Å². The first-order valence-electron chi connectivity index (χ1n) is 8.63. The SMILES string of the molecule is CCc1cc2c(s1)-n1c(nnc1C1CC1)CN=C2c1ccccc1Cl. The molecular weight excluding hydrogens is 352 g/mol. The van der Waals surface area contributed by atoms with Gasteiger partial charge in [0, 0.05) is 26.9 Å². The zero-order valence-electron chi connectivity index (χ0n) is 13.9. The smallest absolute Gasteiger partial charge is 0.160 e. The fourth-order valence-electron chi connectivity index (χ4n) is 3.32. The number of benzene rings is 1. The number of hydrogen-bond donors (Lipinski definition) is 0. The lowest BCUT2D eigenvalue weighted by atomic mass is 10.0. The third kappa shape index (κ3) is 2.45. The van der Waals surface area contributed by atoms with Gasteiger partial charge in [-0.25, -0.2) is 0 Å². The molecule has 25 heavy (non-hydrogen) atoms. The molecule has 3 aromatic rings. The summed E-state index contributed by atoms with van der Waals surface area (Å²) in [5, 5.41) is 10.8. The molecule has 1 aliphatic heterocycles. The minimum Gasteiger partial charge on any atom is -0.276 e. The molecule has 1 aliphatic carbocycles. The summed E-state index contributed by atoms with van der Waals surface area (Å²) in [5.41, 5.74) is 3.09. The number of fused-ring (bicyclic) bond motifs is 3. The van der Waals surface area contributed by atoms with Crippen molar-refractivity contribution in [1.29, 1.82) is 0 Å². The van der Waals surface area contributed by atoms with Gasteiger partial charge >= 0.3 is 0 Å². The fraction of sp³-hybridized carbons (Fsp3) is 0.316. The molecule has 5 rings (SSSR count). The minimum atomic E-state index is 0.531. The van der Waals surface area contributed by atoms with Crippen LogP contribution in [0, 0.1) is 0 Å².